The SMILES string of the molecule is CCN1CN(CC)CN(CCC#N)C1. The topological polar surface area (TPSA) is 33.5 Å². The Morgan fingerprint density at radius 1 is 1.00 bits per heavy atom. The van der Waals surface area contributed by atoms with Gasteiger partial charge in [0.15, 0.2) is 0 Å². The molecule has 0 aromatic rings. The Bertz CT molecular complexity index is 187. The Morgan fingerprint density at radius 2 is 1.50 bits per heavy atom. The molecule has 0 aliphatic carbocycles. The van der Waals surface area contributed by atoms with E-state index in [-0.39, 0.29) is 0 Å². The fraction of sp³-hybridized carbons (Fsp3) is 0.900. The van der Waals surface area contributed by atoms with Crippen molar-refractivity contribution in [3.63, 3.8) is 0 Å². The molecule has 0 radical (unpaired) electrons. The van der Waals surface area contributed by atoms with Crippen LogP contribution < -0.4 is 0 Å². The highest BCUT2D eigenvalue weighted by molar-refractivity contribution is 4.74. The molecular formula is C10H20N4. The highest BCUT2D eigenvalue weighted by Crippen LogP contribution is 2.06. The van der Waals surface area contributed by atoms with Crippen molar-refractivity contribution in [1.82, 2.24) is 14.7 Å². The Labute approximate surface area is 86.7 Å². The Balaban J connectivity index is 2.39. The maximum absolute atomic E-state index is 8.54. The van der Waals surface area contributed by atoms with Crippen LogP contribution >= 0.6 is 0 Å². The molecule has 0 unspecified atom stereocenters. The van der Waals surface area contributed by atoms with Crippen molar-refractivity contribution in [1.29, 1.82) is 5.26 Å². The molecule has 1 fully saturated rings. The summed E-state index contributed by atoms with van der Waals surface area (Å²) in [6.07, 6.45) is 0.634. The van der Waals surface area contributed by atoms with E-state index in [1.807, 2.05) is 0 Å². The molecule has 1 rings (SSSR count). The lowest BCUT2D eigenvalue weighted by Gasteiger charge is -2.41. The third kappa shape index (κ3) is 3.26. The van der Waals surface area contributed by atoms with Gasteiger partial charge in [-0.3, -0.25) is 14.7 Å². The Kier molecular flexibility index (Phi) is 4.88. The molecule has 0 bridgehead atoms. The molecule has 1 heterocycles. The second-order valence-electron chi connectivity index (χ2n) is 3.70. The molecule has 0 N–H and O–H groups in total. The molecule has 80 valence electrons. The van der Waals surface area contributed by atoms with Crippen molar-refractivity contribution in [2.45, 2.75) is 20.3 Å². The maximum atomic E-state index is 8.54. The lowest BCUT2D eigenvalue weighted by molar-refractivity contribution is -0.0229. The predicted molar refractivity (Wildman–Crippen MR) is 56.3 cm³/mol. The van der Waals surface area contributed by atoms with Crippen LogP contribution in [0.4, 0.5) is 0 Å². The quantitative estimate of drug-likeness (QED) is 0.664. The zero-order chi connectivity index (χ0) is 10.4. The van der Waals surface area contributed by atoms with Crippen LogP contribution in [0.3, 0.4) is 0 Å². The van der Waals surface area contributed by atoms with Crippen LogP contribution in [0.1, 0.15) is 20.3 Å². The molecule has 0 spiro atoms. The van der Waals surface area contributed by atoms with Crippen LogP contribution in [0.25, 0.3) is 0 Å². The number of nitriles is 1. The third-order valence-electron chi connectivity index (χ3n) is 2.63. The maximum Gasteiger partial charge on any atom is 0.0635 e. The van der Waals surface area contributed by atoms with Gasteiger partial charge in [-0.15, -0.1) is 0 Å². The molecule has 0 atom stereocenters. The van der Waals surface area contributed by atoms with Crippen molar-refractivity contribution in [3.05, 3.63) is 0 Å². The normalized spacial score (nSPS) is 20.9. The van der Waals surface area contributed by atoms with Gasteiger partial charge in [-0.05, 0) is 13.1 Å². The summed E-state index contributed by atoms with van der Waals surface area (Å²) >= 11 is 0. The van der Waals surface area contributed by atoms with Gasteiger partial charge in [0.2, 0.25) is 0 Å². The summed E-state index contributed by atoms with van der Waals surface area (Å²) in [6, 6.07) is 2.20. The van der Waals surface area contributed by atoms with Gasteiger partial charge in [-0.2, -0.15) is 5.26 Å². The molecule has 1 saturated heterocycles. The highest BCUT2D eigenvalue weighted by atomic mass is 15.5. The van der Waals surface area contributed by atoms with E-state index < -0.39 is 0 Å². The van der Waals surface area contributed by atoms with E-state index in [0.717, 1.165) is 39.6 Å². The minimum atomic E-state index is 0.634. The summed E-state index contributed by atoms with van der Waals surface area (Å²) in [6.45, 7) is 10.5. The van der Waals surface area contributed by atoms with E-state index in [0.29, 0.717) is 6.42 Å². The minimum Gasteiger partial charge on any atom is -0.278 e. The van der Waals surface area contributed by atoms with Gasteiger partial charge >= 0.3 is 0 Å². The summed E-state index contributed by atoms with van der Waals surface area (Å²) in [5, 5.41) is 8.54. The van der Waals surface area contributed by atoms with Gasteiger partial charge in [0.1, 0.15) is 0 Å². The average molecular weight is 196 g/mol. The van der Waals surface area contributed by atoms with Crippen LogP contribution in [0.15, 0.2) is 0 Å². The van der Waals surface area contributed by atoms with Gasteiger partial charge in [0.05, 0.1) is 26.1 Å². The third-order valence-corrected chi connectivity index (χ3v) is 2.63. The van der Waals surface area contributed by atoms with Crippen LogP contribution in [0, 0.1) is 11.3 Å². The molecule has 0 saturated carbocycles. The zero-order valence-corrected chi connectivity index (χ0v) is 9.24. The van der Waals surface area contributed by atoms with Gasteiger partial charge in [0, 0.05) is 13.0 Å². The van der Waals surface area contributed by atoms with Gasteiger partial charge in [-0.1, -0.05) is 13.8 Å². The molecule has 0 aromatic heterocycles. The van der Waals surface area contributed by atoms with E-state index in [4.69, 9.17) is 5.26 Å². The van der Waals surface area contributed by atoms with E-state index in [2.05, 4.69) is 34.6 Å². The lowest BCUT2D eigenvalue weighted by Crippen LogP contribution is -2.54. The first kappa shape index (κ1) is 11.4. The zero-order valence-electron chi connectivity index (χ0n) is 9.24. The van der Waals surface area contributed by atoms with Crippen molar-refractivity contribution in [2.24, 2.45) is 0 Å². The summed E-state index contributed by atoms with van der Waals surface area (Å²) in [5.41, 5.74) is 0. The van der Waals surface area contributed by atoms with Crippen LogP contribution in [0.2, 0.25) is 0 Å². The van der Waals surface area contributed by atoms with Crippen molar-refractivity contribution in [3.8, 4) is 6.07 Å². The first-order valence-corrected chi connectivity index (χ1v) is 5.34. The smallest absolute Gasteiger partial charge is 0.0635 e. The minimum absolute atomic E-state index is 0.634. The van der Waals surface area contributed by atoms with E-state index in [1.54, 1.807) is 0 Å². The second-order valence-corrected chi connectivity index (χ2v) is 3.70. The molecule has 4 heteroatoms. The highest BCUT2D eigenvalue weighted by Gasteiger charge is 2.20. The van der Waals surface area contributed by atoms with Crippen LogP contribution in [-0.2, 0) is 0 Å². The van der Waals surface area contributed by atoms with E-state index >= 15 is 0 Å². The Morgan fingerprint density at radius 3 is 1.93 bits per heavy atom. The Hall–Kier alpha value is -0.630. The number of hydrogen-bond acceptors (Lipinski definition) is 4. The number of hydrogen-bond donors (Lipinski definition) is 0. The molecular weight excluding hydrogens is 176 g/mol. The predicted octanol–water partition coefficient (Wildman–Crippen LogP) is 0.732. The fourth-order valence-corrected chi connectivity index (χ4v) is 1.73. The van der Waals surface area contributed by atoms with Crippen molar-refractivity contribution in [2.75, 3.05) is 39.6 Å². The van der Waals surface area contributed by atoms with Crippen LogP contribution in [-0.4, -0.2) is 54.3 Å². The van der Waals surface area contributed by atoms with E-state index in [1.165, 1.54) is 0 Å². The van der Waals surface area contributed by atoms with Crippen molar-refractivity contribution >= 4 is 0 Å². The first-order chi connectivity index (χ1) is 6.80. The van der Waals surface area contributed by atoms with Gasteiger partial charge in [0.25, 0.3) is 0 Å². The molecule has 14 heavy (non-hydrogen) atoms. The number of rotatable bonds is 4. The van der Waals surface area contributed by atoms with Crippen molar-refractivity contribution < 1.29 is 0 Å². The number of nitrogens with zero attached hydrogens (tertiary/aromatic N) is 4. The van der Waals surface area contributed by atoms with E-state index in [9.17, 15) is 0 Å². The summed E-state index contributed by atoms with van der Waals surface area (Å²) in [4.78, 5) is 7.12. The van der Waals surface area contributed by atoms with Gasteiger partial charge < -0.3 is 0 Å². The van der Waals surface area contributed by atoms with Crippen LogP contribution in [0.5, 0.6) is 0 Å². The lowest BCUT2D eigenvalue weighted by atomic mass is 10.4. The first-order valence-electron chi connectivity index (χ1n) is 5.34. The second kappa shape index (κ2) is 5.97. The molecule has 4 nitrogen and oxygen atoms in total. The monoisotopic (exact) mass is 196 g/mol. The largest absolute Gasteiger partial charge is 0.278 e. The average Bonchev–Trinajstić information content (AvgIpc) is 2.25. The molecule has 0 aromatic carbocycles. The molecule has 0 amide bonds. The molecule has 1 aliphatic rings. The molecule has 1 aliphatic heterocycles. The standard InChI is InChI=1S/C10H20N4/c1-3-12-8-13(4-2)10-14(9-12)7-5-6-11/h3-5,7-10H2,1-2H3. The fourth-order valence-electron chi connectivity index (χ4n) is 1.73. The summed E-state index contributed by atoms with van der Waals surface area (Å²) in [7, 11) is 0. The summed E-state index contributed by atoms with van der Waals surface area (Å²) in [5.74, 6) is 0. The summed E-state index contributed by atoms with van der Waals surface area (Å²) < 4.78 is 0. The van der Waals surface area contributed by atoms with Gasteiger partial charge in [-0.25, -0.2) is 0 Å².